The zero-order chi connectivity index (χ0) is 14.1. The van der Waals surface area contributed by atoms with E-state index in [1.54, 1.807) is 4.90 Å². The minimum absolute atomic E-state index is 0. The van der Waals surface area contributed by atoms with Crippen LogP contribution in [0.5, 0.6) is 0 Å². The van der Waals surface area contributed by atoms with Gasteiger partial charge in [0.1, 0.15) is 11.8 Å². The van der Waals surface area contributed by atoms with E-state index >= 15 is 0 Å². The zero-order valence-corrected chi connectivity index (χ0v) is 12.9. The highest BCUT2D eigenvalue weighted by molar-refractivity contribution is 5.85. The summed E-state index contributed by atoms with van der Waals surface area (Å²) >= 11 is 0. The Hall–Kier alpha value is -1.12. The van der Waals surface area contributed by atoms with Crippen LogP contribution in [0.25, 0.3) is 0 Å². The van der Waals surface area contributed by atoms with Crippen LogP contribution in [0.15, 0.2) is 0 Å². The second-order valence-corrected chi connectivity index (χ2v) is 6.39. The van der Waals surface area contributed by atoms with Gasteiger partial charge in [-0.3, -0.25) is 9.59 Å². The van der Waals surface area contributed by atoms with Gasteiger partial charge >= 0.3 is 0 Å². The Morgan fingerprint density at radius 3 is 2.62 bits per heavy atom. The summed E-state index contributed by atoms with van der Waals surface area (Å²) in [5.74, 6) is 1.52. The van der Waals surface area contributed by atoms with Crippen molar-refractivity contribution in [1.82, 2.24) is 10.2 Å². The van der Waals surface area contributed by atoms with Crippen LogP contribution in [0, 0.1) is 23.2 Å². The van der Waals surface area contributed by atoms with Gasteiger partial charge in [0, 0.05) is 25.4 Å². The molecule has 1 heterocycles. The molecule has 3 atom stereocenters. The van der Waals surface area contributed by atoms with Gasteiger partial charge in [-0.15, -0.1) is 12.4 Å². The van der Waals surface area contributed by atoms with E-state index in [9.17, 15) is 9.59 Å². The standard InChI is InChI=1S/C15H21N3O2.ClH/c16-8-13-2-1-3-18(13)15(20)9-17-12-4-10-6-14(19)7-11(10)5-12;/h10-13,17H,1-7,9H2;1H. The predicted octanol–water partition coefficient (Wildman–Crippen LogP) is 1.27. The normalized spacial score (nSPS) is 34.4. The first-order valence-electron chi connectivity index (χ1n) is 7.61. The monoisotopic (exact) mass is 311 g/mol. The summed E-state index contributed by atoms with van der Waals surface area (Å²) in [6.07, 6.45) is 5.24. The lowest BCUT2D eigenvalue weighted by atomic mass is 10.0. The maximum absolute atomic E-state index is 12.1. The van der Waals surface area contributed by atoms with Gasteiger partial charge in [0.25, 0.3) is 0 Å². The largest absolute Gasteiger partial charge is 0.326 e. The molecule has 1 amide bonds. The Labute approximate surface area is 131 Å². The topological polar surface area (TPSA) is 73.2 Å². The van der Waals surface area contributed by atoms with E-state index in [4.69, 9.17) is 5.26 Å². The third-order valence-corrected chi connectivity index (χ3v) is 5.09. The Morgan fingerprint density at radius 2 is 2.00 bits per heavy atom. The summed E-state index contributed by atoms with van der Waals surface area (Å²) in [5.41, 5.74) is 0. The Kier molecular flexibility index (Phi) is 5.23. The fraction of sp³-hybridized carbons (Fsp3) is 0.800. The fourth-order valence-electron chi connectivity index (χ4n) is 4.08. The zero-order valence-electron chi connectivity index (χ0n) is 12.1. The van der Waals surface area contributed by atoms with Crippen molar-refractivity contribution >= 4 is 24.1 Å². The lowest BCUT2D eigenvalue weighted by Crippen LogP contribution is -2.43. The van der Waals surface area contributed by atoms with Crippen molar-refractivity contribution in [1.29, 1.82) is 5.26 Å². The molecular formula is C15H22ClN3O2. The number of nitriles is 1. The molecule has 116 valence electrons. The molecule has 1 saturated heterocycles. The Balaban J connectivity index is 0.00000161. The number of carbonyl (C=O) groups is 2. The highest BCUT2D eigenvalue weighted by atomic mass is 35.5. The lowest BCUT2D eigenvalue weighted by Gasteiger charge is -2.21. The van der Waals surface area contributed by atoms with Crippen molar-refractivity contribution < 1.29 is 9.59 Å². The average molecular weight is 312 g/mol. The summed E-state index contributed by atoms with van der Waals surface area (Å²) in [7, 11) is 0. The van der Waals surface area contributed by atoms with Gasteiger partial charge in [-0.05, 0) is 37.5 Å². The van der Waals surface area contributed by atoms with Crippen LogP contribution in [0.3, 0.4) is 0 Å². The van der Waals surface area contributed by atoms with Gasteiger partial charge in [0.2, 0.25) is 5.91 Å². The molecule has 6 heteroatoms. The van der Waals surface area contributed by atoms with E-state index in [0.29, 0.717) is 36.8 Å². The first-order valence-corrected chi connectivity index (χ1v) is 7.61. The number of nitrogens with one attached hydrogen (secondary N) is 1. The molecule has 1 N–H and O–H groups in total. The number of nitrogens with zero attached hydrogens (tertiary/aromatic N) is 2. The predicted molar refractivity (Wildman–Crippen MR) is 79.8 cm³/mol. The molecule has 3 fully saturated rings. The van der Waals surface area contributed by atoms with E-state index < -0.39 is 0 Å². The quantitative estimate of drug-likeness (QED) is 0.852. The number of Topliss-reactive ketones (excluding diaryl/α,β-unsaturated/α-hetero) is 1. The summed E-state index contributed by atoms with van der Waals surface area (Å²) in [6, 6.07) is 2.33. The van der Waals surface area contributed by atoms with Crippen molar-refractivity contribution in [3.63, 3.8) is 0 Å². The molecule has 0 spiro atoms. The number of halogens is 1. The fourth-order valence-corrected chi connectivity index (χ4v) is 4.08. The smallest absolute Gasteiger partial charge is 0.237 e. The number of rotatable bonds is 3. The highest BCUT2D eigenvalue weighted by Crippen LogP contribution is 2.42. The maximum atomic E-state index is 12.1. The first kappa shape index (κ1) is 16.3. The van der Waals surface area contributed by atoms with Crippen LogP contribution in [0.1, 0.15) is 38.5 Å². The maximum Gasteiger partial charge on any atom is 0.237 e. The Bertz CT molecular complexity index is 446. The van der Waals surface area contributed by atoms with Crippen molar-refractivity contribution in [3.8, 4) is 6.07 Å². The number of fused-ring (bicyclic) bond motifs is 1. The third-order valence-electron chi connectivity index (χ3n) is 5.09. The van der Waals surface area contributed by atoms with Crippen molar-refractivity contribution in [2.45, 2.75) is 50.6 Å². The first-order chi connectivity index (χ1) is 9.67. The number of hydrogen-bond donors (Lipinski definition) is 1. The van der Waals surface area contributed by atoms with Crippen molar-refractivity contribution in [2.75, 3.05) is 13.1 Å². The van der Waals surface area contributed by atoms with Gasteiger partial charge in [-0.1, -0.05) is 0 Å². The molecule has 0 aromatic rings. The molecule has 0 aromatic heterocycles. The van der Waals surface area contributed by atoms with Crippen molar-refractivity contribution in [2.24, 2.45) is 11.8 Å². The number of carbonyl (C=O) groups excluding carboxylic acids is 2. The molecule has 3 unspecified atom stereocenters. The molecule has 2 aliphatic carbocycles. The lowest BCUT2D eigenvalue weighted by molar-refractivity contribution is -0.130. The molecule has 1 aliphatic heterocycles. The van der Waals surface area contributed by atoms with E-state index in [0.717, 1.165) is 38.5 Å². The SMILES string of the molecule is Cl.N#CC1CCCN1C(=O)CNC1CC2CC(=O)CC2C1. The van der Waals surface area contributed by atoms with E-state index in [-0.39, 0.29) is 24.4 Å². The number of ketones is 1. The Morgan fingerprint density at radius 1 is 1.33 bits per heavy atom. The third kappa shape index (κ3) is 3.38. The molecule has 0 radical (unpaired) electrons. The van der Waals surface area contributed by atoms with Crippen LogP contribution in [-0.4, -0.2) is 41.8 Å². The van der Waals surface area contributed by atoms with Gasteiger partial charge in [-0.2, -0.15) is 5.26 Å². The van der Waals surface area contributed by atoms with E-state index in [2.05, 4.69) is 11.4 Å². The molecule has 0 aromatic carbocycles. The molecular weight excluding hydrogens is 290 g/mol. The van der Waals surface area contributed by atoms with E-state index in [1.807, 2.05) is 0 Å². The summed E-state index contributed by atoms with van der Waals surface area (Å²) < 4.78 is 0. The number of amides is 1. The summed E-state index contributed by atoms with van der Waals surface area (Å²) in [5, 5.41) is 12.3. The van der Waals surface area contributed by atoms with Crippen LogP contribution < -0.4 is 5.32 Å². The molecule has 21 heavy (non-hydrogen) atoms. The van der Waals surface area contributed by atoms with Crippen LogP contribution in [0.2, 0.25) is 0 Å². The van der Waals surface area contributed by atoms with Crippen LogP contribution >= 0.6 is 12.4 Å². The highest BCUT2D eigenvalue weighted by Gasteiger charge is 2.41. The summed E-state index contributed by atoms with van der Waals surface area (Å²) in [6.45, 7) is 1.04. The van der Waals surface area contributed by atoms with Crippen LogP contribution in [-0.2, 0) is 9.59 Å². The molecule has 3 rings (SSSR count). The van der Waals surface area contributed by atoms with Gasteiger partial charge in [0.15, 0.2) is 0 Å². The second-order valence-electron chi connectivity index (χ2n) is 6.39. The number of likely N-dealkylation sites (tertiary alicyclic amines) is 1. The molecule has 3 aliphatic rings. The average Bonchev–Trinajstić information content (AvgIpc) is 3.08. The summed E-state index contributed by atoms with van der Waals surface area (Å²) in [4.78, 5) is 25.2. The van der Waals surface area contributed by atoms with Crippen molar-refractivity contribution in [3.05, 3.63) is 0 Å². The molecule has 5 nitrogen and oxygen atoms in total. The number of hydrogen-bond acceptors (Lipinski definition) is 4. The van der Waals surface area contributed by atoms with Gasteiger partial charge < -0.3 is 10.2 Å². The minimum atomic E-state index is -0.232. The molecule has 0 bridgehead atoms. The minimum Gasteiger partial charge on any atom is -0.326 e. The van der Waals surface area contributed by atoms with Gasteiger partial charge in [0.05, 0.1) is 12.6 Å². The second kappa shape index (κ2) is 6.76. The van der Waals surface area contributed by atoms with Crippen LogP contribution in [0.4, 0.5) is 0 Å². The van der Waals surface area contributed by atoms with E-state index in [1.165, 1.54) is 0 Å². The molecule has 2 saturated carbocycles. The van der Waals surface area contributed by atoms with Gasteiger partial charge in [-0.25, -0.2) is 0 Å².